The maximum absolute atomic E-state index is 11.3. The van der Waals surface area contributed by atoms with Crippen LogP contribution in [0.1, 0.15) is 90.9 Å². The first-order valence-corrected chi connectivity index (χ1v) is 10.3. The van der Waals surface area contributed by atoms with Crippen LogP contribution in [0.25, 0.3) is 0 Å². The quantitative estimate of drug-likeness (QED) is 0.342. The van der Waals surface area contributed by atoms with Gasteiger partial charge in [0.25, 0.3) is 0 Å². The van der Waals surface area contributed by atoms with E-state index in [1.54, 1.807) is 0 Å². The Labute approximate surface area is 130 Å². The van der Waals surface area contributed by atoms with E-state index in [1.807, 2.05) is 0 Å². The molecule has 1 N–H and O–H groups in total. The maximum atomic E-state index is 11.3. The molecule has 0 aromatic heterocycles. The summed E-state index contributed by atoms with van der Waals surface area (Å²) in [6.45, 7) is 3.77. The first-order valence-electron chi connectivity index (χ1n) is 8.56. The van der Waals surface area contributed by atoms with E-state index in [4.69, 9.17) is 0 Å². The minimum Gasteiger partial charge on any atom is -0.392 e. The molecule has 0 bridgehead atoms. The first-order chi connectivity index (χ1) is 10.0. The van der Waals surface area contributed by atoms with Gasteiger partial charge in [-0.2, -0.15) is 0 Å². The largest absolute Gasteiger partial charge is 0.392 e. The summed E-state index contributed by atoms with van der Waals surface area (Å²) >= 11 is 0. The minimum atomic E-state index is -3.66. The van der Waals surface area contributed by atoms with Gasteiger partial charge in [-0.3, -0.25) is 4.79 Å². The first kappa shape index (κ1) is 20.7. The van der Waals surface area contributed by atoms with Gasteiger partial charge >= 0.3 is 13.6 Å². The summed E-state index contributed by atoms with van der Waals surface area (Å²) in [7, 11) is -3.66. The van der Waals surface area contributed by atoms with Crippen LogP contribution in [0.5, 0.6) is 0 Å². The molecular weight excluding hydrogens is 287 g/mol. The lowest BCUT2D eigenvalue weighted by atomic mass is 10.1. The van der Waals surface area contributed by atoms with E-state index in [0.29, 0.717) is 0 Å². The Morgan fingerprint density at radius 2 is 1.29 bits per heavy atom. The van der Waals surface area contributed by atoms with Crippen molar-refractivity contribution < 1.29 is 18.8 Å². The summed E-state index contributed by atoms with van der Waals surface area (Å²) in [4.78, 5) is 20.5. The molecule has 5 heteroatoms. The van der Waals surface area contributed by atoms with Crippen LogP contribution < -0.4 is 0 Å². The summed E-state index contributed by atoms with van der Waals surface area (Å²) < 4.78 is 15.8. The SMILES string of the molecule is CCCCCCCCCCCCCC(=O)OP(=O)(O)CC. The van der Waals surface area contributed by atoms with Crippen molar-refractivity contribution in [2.75, 3.05) is 6.16 Å². The Balaban J connectivity index is 3.29. The van der Waals surface area contributed by atoms with Crippen molar-refractivity contribution >= 4 is 13.6 Å². The Kier molecular flexibility index (Phi) is 13.1. The van der Waals surface area contributed by atoms with Crippen molar-refractivity contribution in [3.8, 4) is 0 Å². The molecule has 4 nitrogen and oxygen atoms in total. The van der Waals surface area contributed by atoms with Crippen LogP contribution in [0.2, 0.25) is 0 Å². The lowest BCUT2D eigenvalue weighted by Crippen LogP contribution is -2.03. The number of carbonyl (C=O) groups excluding carboxylic acids is 1. The Morgan fingerprint density at radius 1 is 0.857 bits per heavy atom. The lowest BCUT2D eigenvalue weighted by Gasteiger charge is -2.09. The topological polar surface area (TPSA) is 63.6 Å². The Bertz CT molecular complexity index is 305. The van der Waals surface area contributed by atoms with E-state index in [9.17, 15) is 14.3 Å². The molecule has 0 radical (unpaired) electrons. The molecule has 0 aliphatic heterocycles. The van der Waals surface area contributed by atoms with Crippen molar-refractivity contribution in [2.45, 2.75) is 90.9 Å². The highest BCUT2D eigenvalue weighted by Crippen LogP contribution is 2.41. The normalized spacial score (nSPS) is 13.9. The van der Waals surface area contributed by atoms with Gasteiger partial charge in [0.1, 0.15) is 0 Å². The van der Waals surface area contributed by atoms with Crippen molar-refractivity contribution in [3.05, 3.63) is 0 Å². The predicted molar refractivity (Wildman–Crippen MR) is 87.5 cm³/mol. The third kappa shape index (κ3) is 14.4. The fourth-order valence-corrected chi connectivity index (χ4v) is 2.74. The summed E-state index contributed by atoms with van der Waals surface area (Å²) in [6, 6.07) is 0. The van der Waals surface area contributed by atoms with Crippen LogP contribution in [0.15, 0.2) is 0 Å². The van der Waals surface area contributed by atoms with Gasteiger partial charge < -0.3 is 9.42 Å². The van der Waals surface area contributed by atoms with E-state index in [1.165, 1.54) is 58.3 Å². The standard InChI is InChI=1S/C16H33O4P/c1-3-5-6-7-8-9-10-11-12-13-14-15-16(17)20-21(18,19)4-2/h3-15H2,1-2H3,(H,18,19). The van der Waals surface area contributed by atoms with E-state index >= 15 is 0 Å². The molecule has 0 aliphatic carbocycles. The van der Waals surface area contributed by atoms with Crippen molar-refractivity contribution in [2.24, 2.45) is 0 Å². The molecule has 126 valence electrons. The summed E-state index contributed by atoms with van der Waals surface area (Å²) in [5.74, 6) is -0.543. The van der Waals surface area contributed by atoms with E-state index in [2.05, 4.69) is 11.4 Å². The molecule has 1 atom stereocenters. The van der Waals surface area contributed by atoms with Gasteiger partial charge in [0.05, 0.1) is 6.16 Å². The zero-order valence-electron chi connectivity index (χ0n) is 13.8. The zero-order valence-corrected chi connectivity index (χ0v) is 14.7. The van der Waals surface area contributed by atoms with Gasteiger partial charge in [-0.15, -0.1) is 0 Å². The molecule has 0 saturated heterocycles. The van der Waals surface area contributed by atoms with E-state index in [-0.39, 0.29) is 12.6 Å². The molecule has 0 spiro atoms. The molecule has 0 rings (SSSR count). The molecule has 0 aromatic carbocycles. The lowest BCUT2D eigenvalue weighted by molar-refractivity contribution is -0.134. The third-order valence-electron chi connectivity index (χ3n) is 3.63. The van der Waals surface area contributed by atoms with Crippen molar-refractivity contribution in [1.29, 1.82) is 0 Å². The van der Waals surface area contributed by atoms with Gasteiger partial charge in [0, 0.05) is 6.42 Å². The molecule has 1 unspecified atom stereocenters. The van der Waals surface area contributed by atoms with E-state index in [0.717, 1.165) is 19.3 Å². The third-order valence-corrected chi connectivity index (χ3v) is 4.92. The molecule has 0 aliphatic rings. The Morgan fingerprint density at radius 3 is 1.71 bits per heavy atom. The van der Waals surface area contributed by atoms with Gasteiger partial charge in [-0.25, -0.2) is 4.57 Å². The molecule has 0 amide bonds. The molecule has 21 heavy (non-hydrogen) atoms. The smallest absolute Gasteiger partial charge is 0.378 e. The summed E-state index contributed by atoms with van der Waals surface area (Å²) in [6.07, 6.45) is 13.6. The Hall–Kier alpha value is -0.340. The van der Waals surface area contributed by atoms with Gasteiger partial charge in [0.2, 0.25) is 0 Å². The number of hydrogen-bond acceptors (Lipinski definition) is 3. The highest BCUT2D eigenvalue weighted by Gasteiger charge is 2.20. The van der Waals surface area contributed by atoms with Gasteiger partial charge in [-0.05, 0) is 6.42 Å². The number of hydrogen-bond donors (Lipinski definition) is 1. The van der Waals surface area contributed by atoms with Crippen molar-refractivity contribution in [1.82, 2.24) is 0 Å². The van der Waals surface area contributed by atoms with Gasteiger partial charge in [0.15, 0.2) is 0 Å². The average Bonchev–Trinajstić information content (AvgIpc) is 2.44. The molecule has 0 fully saturated rings. The minimum absolute atomic E-state index is 0.0169. The fourth-order valence-electron chi connectivity index (χ4n) is 2.20. The number of rotatable bonds is 14. The zero-order chi connectivity index (χ0) is 16.0. The predicted octanol–water partition coefficient (Wildman–Crippen LogP) is 5.44. The van der Waals surface area contributed by atoms with Gasteiger partial charge in [-0.1, -0.05) is 78.1 Å². The second kappa shape index (κ2) is 13.3. The van der Waals surface area contributed by atoms with Crippen molar-refractivity contribution in [3.63, 3.8) is 0 Å². The molecule has 0 saturated carbocycles. The molecule has 0 heterocycles. The molecular formula is C16H33O4P. The highest BCUT2D eigenvalue weighted by molar-refractivity contribution is 7.53. The van der Waals surface area contributed by atoms with Crippen LogP contribution in [0.4, 0.5) is 0 Å². The monoisotopic (exact) mass is 320 g/mol. The number of carbonyl (C=O) groups is 1. The average molecular weight is 320 g/mol. The van der Waals surface area contributed by atoms with E-state index < -0.39 is 13.6 Å². The fraction of sp³-hybridized carbons (Fsp3) is 0.938. The second-order valence-electron chi connectivity index (χ2n) is 5.70. The van der Waals surface area contributed by atoms with Crippen LogP contribution in [-0.4, -0.2) is 17.0 Å². The summed E-state index contributed by atoms with van der Waals surface area (Å²) in [5.41, 5.74) is 0. The molecule has 0 aromatic rings. The maximum Gasteiger partial charge on any atom is 0.378 e. The summed E-state index contributed by atoms with van der Waals surface area (Å²) in [5, 5.41) is 0. The van der Waals surface area contributed by atoms with Crippen LogP contribution >= 0.6 is 7.60 Å². The second-order valence-corrected chi connectivity index (χ2v) is 7.79. The van der Waals surface area contributed by atoms with Crippen LogP contribution in [0.3, 0.4) is 0 Å². The van der Waals surface area contributed by atoms with Crippen LogP contribution in [-0.2, 0) is 13.9 Å². The van der Waals surface area contributed by atoms with Crippen LogP contribution in [0, 0.1) is 0 Å². The highest BCUT2D eigenvalue weighted by atomic mass is 31.2. The number of unbranched alkanes of at least 4 members (excludes halogenated alkanes) is 10.